The zero-order chi connectivity index (χ0) is 14.5. The summed E-state index contributed by atoms with van der Waals surface area (Å²) in [4.78, 5) is 3.99. The summed E-state index contributed by atoms with van der Waals surface area (Å²) in [7, 11) is 0. The van der Waals surface area contributed by atoms with Crippen molar-refractivity contribution in [3.8, 4) is 11.5 Å². The van der Waals surface area contributed by atoms with Gasteiger partial charge in [-0.15, -0.1) is 0 Å². The second-order valence-corrected chi connectivity index (χ2v) is 5.30. The SMILES string of the molecule is Nc1ccc(Oc2cnn(CCC3CCOCC3)c2)cn1. The first kappa shape index (κ1) is 13.9. The van der Waals surface area contributed by atoms with Gasteiger partial charge >= 0.3 is 0 Å². The van der Waals surface area contributed by atoms with E-state index in [2.05, 4.69) is 10.1 Å². The van der Waals surface area contributed by atoms with Gasteiger partial charge in [0.2, 0.25) is 0 Å². The highest BCUT2D eigenvalue weighted by atomic mass is 16.5. The van der Waals surface area contributed by atoms with Crippen LogP contribution in [0, 0.1) is 5.92 Å². The molecule has 3 heterocycles. The molecule has 1 saturated heterocycles. The molecule has 0 atom stereocenters. The predicted octanol–water partition coefficient (Wildman–Crippen LogP) is 2.47. The summed E-state index contributed by atoms with van der Waals surface area (Å²) in [6, 6.07) is 3.51. The largest absolute Gasteiger partial charge is 0.452 e. The quantitative estimate of drug-likeness (QED) is 0.914. The van der Waals surface area contributed by atoms with Crippen molar-refractivity contribution < 1.29 is 9.47 Å². The molecule has 1 fully saturated rings. The Morgan fingerprint density at radius 2 is 2.10 bits per heavy atom. The van der Waals surface area contributed by atoms with E-state index in [0.717, 1.165) is 44.9 Å². The van der Waals surface area contributed by atoms with Gasteiger partial charge < -0.3 is 15.2 Å². The van der Waals surface area contributed by atoms with Gasteiger partial charge in [-0.3, -0.25) is 4.68 Å². The van der Waals surface area contributed by atoms with Gasteiger partial charge in [0.05, 0.1) is 18.6 Å². The molecule has 0 spiro atoms. The average molecular weight is 288 g/mol. The Kier molecular flexibility index (Phi) is 4.35. The fourth-order valence-electron chi connectivity index (χ4n) is 2.46. The van der Waals surface area contributed by atoms with E-state index in [1.165, 1.54) is 0 Å². The topological polar surface area (TPSA) is 75.2 Å². The van der Waals surface area contributed by atoms with Crippen molar-refractivity contribution in [1.82, 2.24) is 14.8 Å². The van der Waals surface area contributed by atoms with Gasteiger partial charge in [-0.25, -0.2) is 4.98 Å². The summed E-state index contributed by atoms with van der Waals surface area (Å²) in [6.07, 6.45) is 8.68. The van der Waals surface area contributed by atoms with Gasteiger partial charge in [-0.2, -0.15) is 5.10 Å². The molecule has 6 nitrogen and oxygen atoms in total. The summed E-state index contributed by atoms with van der Waals surface area (Å²) < 4.78 is 13.0. The van der Waals surface area contributed by atoms with Gasteiger partial charge in [0.25, 0.3) is 0 Å². The van der Waals surface area contributed by atoms with Crippen molar-refractivity contribution >= 4 is 5.82 Å². The molecule has 0 radical (unpaired) electrons. The Balaban J connectivity index is 1.52. The molecular formula is C15H20N4O2. The van der Waals surface area contributed by atoms with E-state index in [1.807, 2.05) is 10.9 Å². The number of nitrogen functional groups attached to an aromatic ring is 1. The highest BCUT2D eigenvalue weighted by Crippen LogP contribution is 2.22. The number of aromatic nitrogens is 3. The molecule has 0 bridgehead atoms. The minimum atomic E-state index is 0.481. The normalized spacial score (nSPS) is 16.0. The van der Waals surface area contributed by atoms with Gasteiger partial charge in [0.1, 0.15) is 11.6 Å². The maximum atomic E-state index is 5.68. The number of nitrogens with two attached hydrogens (primary N) is 1. The zero-order valence-electron chi connectivity index (χ0n) is 11.9. The molecule has 21 heavy (non-hydrogen) atoms. The molecular weight excluding hydrogens is 268 g/mol. The van der Waals surface area contributed by atoms with Crippen molar-refractivity contribution in [2.45, 2.75) is 25.8 Å². The van der Waals surface area contributed by atoms with E-state index in [-0.39, 0.29) is 0 Å². The van der Waals surface area contributed by atoms with Crippen LogP contribution in [0.25, 0.3) is 0 Å². The highest BCUT2D eigenvalue weighted by Gasteiger charge is 2.13. The van der Waals surface area contributed by atoms with E-state index in [9.17, 15) is 0 Å². The van der Waals surface area contributed by atoms with Crippen LogP contribution in [0.1, 0.15) is 19.3 Å². The van der Waals surface area contributed by atoms with E-state index in [0.29, 0.717) is 17.3 Å². The number of nitrogens with zero attached hydrogens (tertiary/aromatic N) is 3. The lowest BCUT2D eigenvalue weighted by molar-refractivity contribution is 0.0623. The Morgan fingerprint density at radius 1 is 1.24 bits per heavy atom. The minimum Gasteiger partial charge on any atom is -0.452 e. The van der Waals surface area contributed by atoms with Gasteiger partial charge in [0.15, 0.2) is 5.75 Å². The molecule has 0 amide bonds. The monoisotopic (exact) mass is 288 g/mol. The maximum Gasteiger partial charge on any atom is 0.165 e. The third kappa shape index (κ3) is 3.95. The third-order valence-corrected chi connectivity index (χ3v) is 3.71. The lowest BCUT2D eigenvalue weighted by Crippen LogP contribution is -2.17. The van der Waals surface area contributed by atoms with Crippen LogP contribution in [0.2, 0.25) is 0 Å². The van der Waals surface area contributed by atoms with Crippen molar-refractivity contribution in [3.63, 3.8) is 0 Å². The Bertz CT molecular complexity index is 561. The molecule has 6 heteroatoms. The lowest BCUT2D eigenvalue weighted by Gasteiger charge is -2.21. The molecule has 0 unspecified atom stereocenters. The van der Waals surface area contributed by atoms with E-state index < -0.39 is 0 Å². The zero-order valence-corrected chi connectivity index (χ0v) is 11.9. The molecule has 0 saturated carbocycles. The van der Waals surface area contributed by atoms with Crippen molar-refractivity contribution in [2.24, 2.45) is 5.92 Å². The lowest BCUT2D eigenvalue weighted by atomic mass is 9.97. The molecule has 112 valence electrons. The first-order valence-electron chi connectivity index (χ1n) is 7.29. The molecule has 0 aromatic carbocycles. The van der Waals surface area contributed by atoms with Crippen molar-refractivity contribution in [2.75, 3.05) is 18.9 Å². The smallest absolute Gasteiger partial charge is 0.165 e. The standard InChI is InChI=1S/C15H20N4O2/c16-15-2-1-13(9-17-15)21-14-10-18-19(11-14)6-3-12-4-7-20-8-5-12/h1-2,9-12H,3-8H2,(H2,16,17). The number of anilines is 1. The number of pyridine rings is 1. The number of hydrogen-bond acceptors (Lipinski definition) is 5. The molecule has 1 aliphatic heterocycles. The fourth-order valence-corrected chi connectivity index (χ4v) is 2.46. The Hall–Kier alpha value is -2.08. The van der Waals surface area contributed by atoms with Gasteiger partial charge in [-0.1, -0.05) is 0 Å². The van der Waals surface area contributed by atoms with Gasteiger partial charge in [0, 0.05) is 19.8 Å². The summed E-state index contributed by atoms with van der Waals surface area (Å²) in [5.41, 5.74) is 5.54. The molecule has 1 aliphatic rings. The second kappa shape index (κ2) is 6.58. The van der Waals surface area contributed by atoms with Crippen LogP contribution in [0.15, 0.2) is 30.7 Å². The van der Waals surface area contributed by atoms with Crippen molar-refractivity contribution in [1.29, 1.82) is 0 Å². The van der Waals surface area contributed by atoms with Crippen LogP contribution in [0.4, 0.5) is 5.82 Å². The minimum absolute atomic E-state index is 0.481. The van der Waals surface area contributed by atoms with Crippen LogP contribution >= 0.6 is 0 Å². The van der Waals surface area contributed by atoms with Crippen LogP contribution in [-0.2, 0) is 11.3 Å². The van der Waals surface area contributed by atoms with Crippen molar-refractivity contribution in [3.05, 3.63) is 30.7 Å². The Morgan fingerprint density at radius 3 is 2.86 bits per heavy atom. The third-order valence-electron chi connectivity index (χ3n) is 3.71. The molecule has 3 rings (SSSR count). The molecule has 2 aromatic heterocycles. The maximum absolute atomic E-state index is 5.68. The van der Waals surface area contributed by atoms with Gasteiger partial charge in [-0.05, 0) is 37.3 Å². The average Bonchev–Trinajstić information content (AvgIpc) is 2.96. The van der Waals surface area contributed by atoms with E-state index >= 15 is 0 Å². The van der Waals surface area contributed by atoms with Crippen LogP contribution in [-0.4, -0.2) is 28.0 Å². The molecule has 2 N–H and O–H groups in total. The summed E-state index contributed by atoms with van der Waals surface area (Å²) in [5, 5.41) is 4.33. The second-order valence-electron chi connectivity index (χ2n) is 5.30. The number of rotatable bonds is 5. The van der Waals surface area contributed by atoms with Crippen LogP contribution < -0.4 is 10.5 Å². The number of hydrogen-bond donors (Lipinski definition) is 1. The first-order valence-corrected chi connectivity index (χ1v) is 7.29. The Labute approximate surface area is 123 Å². The fraction of sp³-hybridized carbons (Fsp3) is 0.467. The van der Waals surface area contributed by atoms with Crippen LogP contribution in [0.3, 0.4) is 0 Å². The number of aryl methyl sites for hydroxylation is 1. The summed E-state index contributed by atoms with van der Waals surface area (Å²) >= 11 is 0. The summed E-state index contributed by atoms with van der Waals surface area (Å²) in [5.74, 6) is 2.60. The van der Waals surface area contributed by atoms with E-state index in [1.54, 1.807) is 24.5 Å². The highest BCUT2D eigenvalue weighted by molar-refractivity contribution is 5.34. The number of ether oxygens (including phenoxy) is 2. The molecule has 0 aliphatic carbocycles. The first-order chi connectivity index (χ1) is 10.3. The van der Waals surface area contributed by atoms with E-state index in [4.69, 9.17) is 15.2 Å². The molecule has 2 aromatic rings. The predicted molar refractivity (Wildman–Crippen MR) is 79.1 cm³/mol. The summed E-state index contributed by atoms with van der Waals surface area (Å²) in [6.45, 7) is 2.69. The van der Waals surface area contributed by atoms with Crippen LogP contribution in [0.5, 0.6) is 11.5 Å².